The highest BCUT2D eigenvalue weighted by Gasteiger charge is 2.39. The Morgan fingerprint density at radius 2 is 1.78 bits per heavy atom. The topological polar surface area (TPSA) is 76.8 Å². The van der Waals surface area contributed by atoms with E-state index in [2.05, 4.69) is 40.6 Å². The van der Waals surface area contributed by atoms with Crippen LogP contribution >= 0.6 is 15.9 Å². The van der Waals surface area contributed by atoms with E-state index in [-0.39, 0.29) is 13.3 Å². The number of nitrogens with zero attached hydrogens (tertiary/aromatic N) is 3. The predicted molar refractivity (Wildman–Crippen MR) is 143 cm³/mol. The molecular weight excluding hydrogens is 564 g/mol. The molecule has 1 saturated heterocycles. The number of carbonyl (C=O) groups is 1. The van der Waals surface area contributed by atoms with Gasteiger partial charge in [-0.3, -0.25) is 0 Å². The Balaban J connectivity index is 1.62. The summed E-state index contributed by atoms with van der Waals surface area (Å²) in [6, 6.07) is 11.0. The molecule has 2 aromatic carbocycles. The summed E-state index contributed by atoms with van der Waals surface area (Å²) in [4.78, 5) is 17.4. The summed E-state index contributed by atoms with van der Waals surface area (Å²) in [5.74, 6) is -1.42. The molecule has 0 saturated carbocycles. The number of fused-ring (bicyclic) bond motifs is 1. The third-order valence-electron chi connectivity index (χ3n) is 6.78. The van der Waals surface area contributed by atoms with E-state index in [1.54, 1.807) is 4.57 Å². The van der Waals surface area contributed by atoms with Gasteiger partial charge < -0.3 is 24.0 Å². The van der Waals surface area contributed by atoms with Gasteiger partial charge in [0.2, 0.25) is 0 Å². The van der Waals surface area contributed by atoms with E-state index < -0.39 is 31.4 Å². The van der Waals surface area contributed by atoms with Gasteiger partial charge in [0.05, 0.1) is 16.6 Å². The standard InChI is InChI=1S/C26H32BrF2N3O4Si/c1-37(2,3)13-12-35-17-32-23-15-21(29)20(28)14-22(23)30-24(32)16-36-26(18-4-6-19(27)7-5-18)8-10-31(11-9-26)25(33)34/h4-7,14-15H,8-13,16-17H2,1-3H3,(H,33,34). The van der Waals surface area contributed by atoms with Crippen molar-refractivity contribution in [3.8, 4) is 0 Å². The van der Waals surface area contributed by atoms with Gasteiger partial charge >= 0.3 is 6.09 Å². The van der Waals surface area contributed by atoms with E-state index in [4.69, 9.17) is 9.47 Å². The van der Waals surface area contributed by atoms with Crippen LogP contribution in [0.4, 0.5) is 13.6 Å². The third-order valence-corrected chi connectivity index (χ3v) is 9.01. The number of amides is 1. The van der Waals surface area contributed by atoms with E-state index in [0.29, 0.717) is 49.4 Å². The molecule has 1 amide bonds. The first-order valence-corrected chi connectivity index (χ1v) is 16.8. The maximum Gasteiger partial charge on any atom is 0.407 e. The first-order chi connectivity index (χ1) is 17.5. The number of rotatable bonds is 9. The van der Waals surface area contributed by atoms with Crippen molar-refractivity contribution < 1.29 is 28.2 Å². The Kier molecular flexibility index (Phi) is 8.37. The second-order valence-electron chi connectivity index (χ2n) is 10.6. The summed E-state index contributed by atoms with van der Waals surface area (Å²) >= 11 is 3.46. The molecule has 1 aliphatic heterocycles. The van der Waals surface area contributed by atoms with Crippen LogP contribution in [0.25, 0.3) is 11.0 Å². The summed E-state index contributed by atoms with van der Waals surface area (Å²) in [7, 11) is -1.30. The van der Waals surface area contributed by atoms with Crippen molar-refractivity contribution >= 4 is 41.1 Å². The predicted octanol–water partition coefficient (Wildman–Crippen LogP) is 6.58. The molecule has 0 spiro atoms. The average molecular weight is 597 g/mol. The lowest BCUT2D eigenvalue weighted by atomic mass is 9.84. The van der Waals surface area contributed by atoms with Gasteiger partial charge in [-0.15, -0.1) is 0 Å². The molecule has 1 aliphatic rings. The molecule has 3 aromatic rings. The summed E-state index contributed by atoms with van der Waals surface area (Å²) in [5, 5.41) is 9.43. The number of halogens is 3. The van der Waals surface area contributed by atoms with E-state index in [1.165, 1.54) is 4.90 Å². The Morgan fingerprint density at radius 1 is 1.14 bits per heavy atom. The molecule has 37 heavy (non-hydrogen) atoms. The number of hydrogen-bond acceptors (Lipinski definition) is 4. The van der Waals surface area contributed by atoms with Gasteiger partial charge in [0, 0.05) is 44.4 Å². The number of ether oxygens (including phenoxy) is 2. The number of likely N-dealkylation sites (tertiary alicyclic amines) is 1. The molecule has 0 radical (unpaired) electrons. The molecule has 0 unspecified atom stereocenters. The second kappa shape index (κ2) is 11.2. The second-order valence-corrected chi connectivity index (χ2v) is 17.2. The average Bonchev–Trinajstić information content (AvgIpc) is 3.17. The Hall–Kier alpha value is -2.34. The SMILES string of the molecule is C[Si](C)(C)CCOCn1c(COC2(c3ccc(Br)cc3)CCN(C(=O)O)CC2)nc2cc(F)c(F)cc21. The maximum atomic E-state index is 14.1. The van der Waals surface area contributed by atoms with Gasteiger partial charge in [-0.2, -0.15) is 0 Å². The minimum absolute atomic E-state index is 0.0679. The Bertz CT molecular complexity index is 1260. The van der Waals surface area contributed by atoms with Crippen LogP contribution in [0.15, 0.2) is 40.9 Å². The zero-order chi connectivity index (χ0) is 26.8. The van der Waals surface area contributed by atoms with E-state index >= 15 is 0 Å². The molecule has 200 valence electrons. The number of hydrogen-bond donors (Lipinski definition) is 1. The number of aromatic nitrogens is 2. The first-order valence-electron chi connectivity index (χ1n) is 12.3. The van der Waals surface area contributed by atoms with Gasteiger partial charge in [-0.1, -0.05) is 47.7 Å². The molecule has 0 bridgehead atoms. The van der Waals surface area contributed by atoms with E-state index in [9.17, 15) is 18.7 Å². The summed E-state index contributed by atoms with van der Waals surface area (Å²) in [5.41, 5.74) is 0.964. The monoisotopic (exact) mass is 595 g/mol. The van der Waals surface area contributed by atoms with Crippen LogP contribution in [0, 0.1) is 11.6 Å². The molecular formula is C26H32BrF2N3O4Si. The van der Waals surface area contributed by atoms with Crippen LogP contribution in [0.3, 0.4) is 0 Å². The lowest BCUT2D eigenvalue weighted by molar-refractivity contribution is -0.0994. The highest BCUT2D eigenvalue weighted by atomic mass is 79.9. The van der Waals surface area contributed by atoms with Crippen molar-refractivity contribution in [1.29, 1.82) is 0 Å². The highest BCUT2D eigenvalue weighted by molar-refractivity contribution is 9.10. The van der Waals surface area contributed by atoms with E-state index in [0.717, 1.165) is 28.2 Å². The van der Waals surface area contributed by atoms with Crippen LogP contribution < -0.4 is 0 Å². The molecule has 1 N–H and O–H groups in total. The van der Waals surface area contributed by atoms with Crippen LogP contribution in [0.5, 0.6) is 0 Å². The molecule has 4 rings (SSSR count). The molecule has 11 heteroatoms. The van der Waals surface area contributed by atoms with Gasteiger partial charge in [0.25, 0.3) is 0 Å². The number of imidazole rings is 1. The maximum absolute atomic E-state index is 14.1. The minimum atomic E-state index is -1.30. The molecule has 7 nitrogen and oxygen atoms in total. The van der Waals surface area contributed by atoms with Gasteiger partial charge in [-0.25, -0.2) is 18.6 Å². The fourth-order valence-corrected chi connectivity index (χ4v) is 5.51. The first kappa shape index (κ1) is 27.7. The Labute approximate surface area is 224 Å². The normalized spacial score (nSPS) is 15.9. The smallest absolute Gasteiger partial charge is 0.407 e. The largest absolute Gasteiger partial charge is 0.465 e. The zero-order valence-corrected chi connectivity index (χ0v) is 23.9. The number of piperidine rings is 1. The summed E-state index contributed by atoms with van der Waals surface area (Å²) in [6.07, 6.45) is -0.0143. The van der Waals surface area contributed by atoms with Gasteiger partial charge in [-0.05, 0) is 36.6 Å². The minimum Gasteiger partial charge on any atom is -0.465 e. The van der Waals surface area contributed by atoms with Crippen molar-refractivity contribution in [1.82, 2.24) is 14.5 Å². The van der Waals surface area contributed by atoms with Gasteiger partial charge in [0.15, 0.2) is 11.6 Å². The summed E-state index contributed by atoms with van der Waals surface area (Å²) in [6.45, 7) is 8.22. The molecule has 1 fully saturated rings. The number of carboxylic acid groups (broad SMARTS) is 1. The summed E-state index contributed by atoms with van der Waals surface area (Å²) < 4.78 is 43.3. The van der Waals surface area contributed by atoms with Crippen molar-refractivity contribution in [3.63, 3.8) is 0 Å². The number of benzene rings is 2. The molecule has 1 aromatic heterocycles. The quantitative estimate of drug-likeness (QED) is 0.223. The zero-order valence-electron chi connectivity index (χ0n) is 21.3. The molecule has 2 heterocycles. The lowest BCUT2D eigenvalue weighted by Gasteiger charge is -2.41. The van der Waals surface area contributed by atoms with Crippen molar-refractivity contribution in [2.75, 3.05) is 19.7 Å². The fraction of sp³-hybridized carbons (Fsp3) is 0.462. The van der Waals surface area contributed by atoms with Crippen molar-refractivity contribution in [3.05, 3.63) is 63.9 Å². The van der Waals surface area contributed by atoms with Crippen molar-refractivity contribution in [2.24, 2.45) is 0 Å². The Morgan fingerprint density at radius 3 is 2.41 bits per heavy atom. The van der Waals surface area contributed by atoms with Gasteiger partial charge in [0.1, 0.15) is 19.2 Å². The molecule has 0 aliphatic carbocycles. The van der Waals surface area contributed by atoms with Crippen LogP contribution in [0.1, 0.15) is 24.2 Å². The lowest BCUT2D eigenvalue weighted by Crippen LogP contribution is -2.46. The van der Waals surface area contributed by atoms with Crippen LogP contribution in [-0.4, -0.2) is 53.4 Å². The molecule has 0 atom stereocenters. The van der Waals surface area contributed by atoms with E-state index in [1.807, 2.05) is 24.3 Å². The van der Waals surface area contributed by atoms with Crippen molar-refractivity contribution in [2.45, 2.75) is 57.5 Å². The van der Waals surface area contributed by atoms with Crippen LogP contribution in [-0.2, 0) is 28.4 Å². The highest BCUT2D eigenvalue weighted by Crippen LogP contribution is 2.38. The fourth-order valence-electron chi connectivity index (χ4n) is 4.49. The van der Waals surface area contributed by atoms with Crippen LogP contribution in [0.2, 0.25) is 25.7 Å². The third kappa shape index (κ3) is 6.57.